The Hall–Kier alpha value is -1.35. The number of hydrogen-bond donors (Lipinski definition) is 1. The van der Waals surface area contributed by atoms with E-state index in [2.05, 4.69) is 24.4 Å². The molecular formula is C14H21NO2. The zero-order valence-corrected chi connectivity index (χ0v) is 10.8. The van der Waals surface area contributed by atoms with Crippen molar-refractivity contribution in [2.45, 2.75) is 39.3 Å². The molecule has 2 atom stereocenters. The number of carbonyl (C=O) groups is 1. The number of carbonyl (C=O) groups excluding carboxylic acids is 1. The average molecular weight is 235 g/mol. The predicted octanol–water partition coefficient (Wildman–Crippen LogP) is 2.68. The Morgan fingerprint density at radius 2 is 1.94 bits per heavy atom. The maximum Gasteiger partial charge on any atom is 0.323 e. The average Bonchev–Trinajstić information content (AvgIpc) is 2.37. The van der Waals surface area contributed by atoms with E-state index in [0.29, 0.717) is 6.61 Å². The van der Waals surface area contributed by atoms with Gasteiger partial charge in [-0.2, -0.15) is 0 Å². The number of benzene rings is 1. The van der Waals surface area contributed by atoms with Crippen LogP contribution < -0.4 is 5.32 Å². The summed E-state index contributed by atoms with van der Waals surface area (Å²) in [6.45, 7) is 6.28. The maximum atomic E-state index is 11.7. The van der Waals surface area contributed by atoms with Crippen LogP contribution in [-0.2, 0) is 9.53 Å². The van der Waals surface area contributed by atoms with Crippen molar-refractivity contribution < 1.29 is 9.53 Å². The molecule has 0 spiro atoms. The van der Waals surface area contributed by atoms with Gasteiger partial charge in [0.05, 0.1) is 6.61 Å². The van der Waals surface area contributed by atoms with E-state index in [4.69, 9.17) is 4.74 Å². The molecule has 0 saturated carbocycles. The third-order valence-electron chi connectivity index (χ3n) is 2.73. The molecule has 0 fully saturated rings. The van der Waals surface area contributed by atoms with E-state index in [1.54, 1.807) is 0 Å². The van der Waals surface area contributed by atoms with Crippen LogP contribution in [0.15, 0.2) is 30.3 Å². The molecule has 17 heavy (non-hydrogen) atoms. The predicted molar refractivity (Wildman–Crippen MR) is 68.7 cm³/mol. The third-order valence-corrected chi connectivity index (χ3v) is 2.73. The van der Waals surface area contributed by atoms with Gasteiger partial charge in [-0.05, 0) is 25.8 Å². The first kappa shape index (κ1) is 13.7. The van der Waals surface area contributed by atoms with Crippen molar-refractivity contribution in [3.63, 3.8) is 0 Å². The summed E-state index contributed by atoms with van der Waals surface area (Å²) in [6, 6.07) is 10.00. The summed E-state index contributed by atoms with van der Waals surface area (Å²) in [4.78, 5) is 11.7. The Morgan fingerprint density at radius 1 is 1.29 bits per heavy atom. The van der Waals surface area contributed by atoms with E-state index in [1.807, 2.05) is 32.0 Å². The molecule has 0 bridgehead atoms. The summed E-state index contributed by atoms with van der Waals surface area (Å²) < 4.78 is 5.03. The molecule has 0 aliphatic rings. The van der Waals surface area contributed by atoms with Crippen LogP contribution >= 0.6 is 0 Å². The second-order valence-electron chi connectivity index (χ2n) is 4.01. The van der Waals surface area contributed by atoms with Crippen LogP contribution in [0.5, 0.6) is 0 Å². The Kier molecular flexibility index (Phi) is 5.70. The molecule has 0 amide bonds. The minimum Gasteiger partial charge on any atom is -0.465 e. The highest BCUT2D eigenvalue weighted by molar-refractivity contribution is 5.75. The van der Waals surface area contributed by atoms with Gasteiger partial charge in [0, 0.05) is 6.04 Å². The lowest BCUT2D eigenvalue weighted by molar-refractivity contribution is -0.145. The van der Waals surface area contributed by atoms with Gasteiger partial charge in [0.2, 0.25) is 0 Å². The molecule has 1 aromatic carbocycles. The van der Waals surface area contributed by atoms with Gasteiger partial charge in [-0.25, -0.2) is 0 Å². The van der Waals surface area contributed by atoms with Crippen molar-refractivity contribution >= 4 is 5.97 Å². The van der Waals surface area contributed by atoms with Crippen molar-refractivity contribution in [2.75, 3.05) is 6.61 Å². The molecule has 1 rings (SSSR count). The van der Waals surface area contributed by atoms with Crippen molar-refractivity contribution in [1.29, 1.82) is 0 Å². The lowest BCUT2D eigenvalue weighted by Crippen LogP contribution is -2.39. The van der Waals surface area contributed by atoms with E-state index in [9.17, 15) is 4.79 Å². The molecule has 1 unspecified atom stereocenters. The highest BCUT2D eigenvalue weighted by Crippen LogP contribution is 2.13. The van der Waals surface area contributed by atoms with Crippen LogP contribution in [0.1, 0.15) is 38.8 Å². The molecule has 0 aromatic heterocycles. The maximum absolute atomic E-state index is 11.7. The smallest absolute Gasteiger partial charge is 0.323 e. The van der Waals surface area contributed by atoms with Crippen LogP contribution in [-0.4, -0.2) is 18.6 Å². The number of rotatable bonds is 6. The number of hydrogen-bond acceptors (Lipinski definition) is 3. The van der Waals surface area contributed by atoms with Gasteiger partial charge in [-0.1, -0.05) is 37.3 Å². The monoisotopic (exact) mass is 235 g/mol. The molecule has 94 valence electrons. The van der Waals surface area contributed by atoms with Gasteiger partial charge in [-0.3, -0.25) is 10.1 Å². The minimum absolute atomic E-state index is 0.144. The summed E-state index contributed by atoms with van der Waals surface area (Å²) in [5.74, 6) is -0.169. The van der Waals surface area contributed by atoms with Gasteiger partial charge >= 0.3 is 5.97 Å². The Morgan fingerprint density at radius 3 is 2.47 bits per heavy atom. The first-order valence-corrected chi connectivity index (χ1v) is 6.16. The Bertz CT molecular complexity index is 337. The Labute approximate surface area is 103 Å². The second kappa shape index (κ2) is 7.07. The fraction of sp³-hybridized carbons (Fsp3) is 0.500. The van der Waals surface area contributed by atoms with E-state index < -0.39 is 0 Å². The van der Waals surface area contributed by atoms with Gasteiger partial charge in [0.25, 0.3) is 0 Å². The summed E-state index contributed by atoms with van der Waals surface area (Å²) in [5.41, 5.74) is 1.18. The van der Waals surface area contributed by atoms with Gasteiger partial charge in [0.1, 0.15) is 6.04 Å². The van der Waals surface area contributed by atoms with E-state index >= 15 is 0 Å². The first-order valence-electron chi connectivity index (χ1n) is 6.16. The molecule has 0 aliphatic carbocycles. The lowest BCUT2D eigenvalue weighted by Gasteiger charge is -2.21. The molecule has 0 heterocycles. The molecule has 0 aliphatic heterocycles. The zero-order chi connectivity index (χ0) is 12.7. The van der Waals surface area contributed by atoms with Crippen molar-refractivity contribution in [1.82, 2.24) is 5.32 Å². The molecule has 1 aromatic rings. The van der Waals surface area contributed by atoms with E-state index in [0.717, 1.165) is 6.42 Å². The van der Waals surface area contributed by atoms with Crippen molar-refractivity contribution in [3.05, 3.63) is 35.9 Å². The molecule has 0 saturated heterocycles. The standard InChI is InChI=1S/C14H21NO2/c1-4-13(14(16)17-5-2)15-11(3)12-9-7-6-8-10-12/h6-11,13,15H,4-5H2,1-3H3/t11-,13?/m0/s1. The SMILES string of the molecule is CCOC(=O)C(CC)N[C@@H](C)c1ccccc1. The highest BCUT2D eigenvalue weighted by Gasteiger charge is 2.19. The quantitative estimate of drug-likeness (QED) is 0.770. The Balaban J connectivity index is 2.59. The van der Waals surface area contributed by atoms with Crippen molar-refractivity contribution in [2.24, 2.45) is 0 Å². The van der Waals surface area contributed by atoms with Crippen LogP contribution in [0.3, 0.4) is 0 Å². The fourth-order valence-corrected chi connectivity index (χ4v) is 1.74. The lowest BCUT2D eigenvalue weighted by atomic mass is 10.1. The minimum atomic E-state index is -0.231. The van der Waals surface area contributed by atoms with E-state index in [-0.39, 0.29) is 18.1 Å². The topological polar surface area (TPSA) is 38.3 Å². The number of nitrogens with one attached hydrogen (secondary N) is 1. The second-order valence-corrected chi connectivity index (χ2v) is 4.01. The van der Waals surface area contributed by atoms with Crippen LogP contribution in [0.2, 0.25) is 0 Å². The molecule has 3 nitrogen and oxygen atoms in total. The van der Waals surface area contributed by atoms with Gasteiger partial charge in [-0.15, -0.1) is 0 Å². The number of esters is 1. The first-order chi connectivity index (χ1) is 8.19. The summed E-state index contributed by atoms with van der Waals surface area (Å²) in [5, 5.41) is 3.29. The summed E-state index contributed by atoms with van der Waals surface area (Å²) in [6.07, 6.45) is 0.732. The summed E-state index contributed by atoms with van der Waals surface area (Å²) >= 11 is 0. The van der Waals surface area contributed by atoms with Gasteiger partial charge < -0.3 is 4.74 Å². The molecule has 0 radical (unpaired) electrons. The molecular weight excluding hydrogens is 214 g/mol. The normalized spacial score (nSPS) is 14.1. The third kappa shape index (κ3) is 4.19. The molecule has 1 N–H and O–H groups in total. The van der Waals surface area contributed by atoms with Crippen LogP contribution in [0.4, 0.5) is 0 Å². The van der Waals surface area contributed by atoms with Gasteiger partial charge in [0.15, 0.2) is 0 Å². The van der Waals surface area contributed by atoms with Crippen molar-refractivity contribution in [3.8, 4) is 0 Å². The number of ether oxygens (including phenoxy) is 1. The summed E-state index contributed by atoms with van der Waals surface area (Å²) in [7, 11) is 0. The largest absolute Gasteiger partial charge is 0.465 e. The van der Waals surface area contributed by atoms with Crippen LogP contribution in [0.25, 0.3) is 0 Å². The van der Waals surface area contributed by atoms with Crippen LogP contribution in [0, 0.1) is 0 Å². The zero-order valence-electron chi connectivity index (χ0n) is 10.8. The fourth-order valence-electron chi connectivity index (χ4n) is 1.74. The highest BCUT2D eigenvalue weighted by atomic mass is 16.5. The molecule has 3 heteroatoms. The van der Waals surface area contributed by atoms with E-state index in [1.165, 1.54) is 5.56 Å².